The molecular formula is C10H18NO3. The number of unbranched alkanes of at least 4 members (excludes halogenated alkanes) is 2. The summed E-state index contributed by atoms with van der Waals surface area (Å²) in [7, 11) is 0. The number of morpholine rings is 1. The molecule has 4 heteroatoms. The van der Waals surface area contributed by atoms with Crippen LogP contribution in [-0.2, 0) is 14.3 Å². The number of rotatable bonds is 6. The summed E-state index contributed by atoms with van der Waals surface area (Å²) in [5.41, 5.74) is 0. The molecule has 1 atom stereocenters. The highest BCUT2D eigenvalue weighted by molar-refractivity contribution is 5.48. The number of carbonyl (C=O) groups excluding carboxylic acids is 1. The van der Waals surface area contributed by atoms with E-state index in [1.165, 1.54) is 12.8 Å². The van der Waals surface area contributed by atoms with Crippen molar-refractivity contribution in [3.05, 3.63) is 0 Å². The Balaban J connectivity index is 2.08. The van der Waals surface area contributed by atoms with E-state index in [1.54, 1.807) is 4.90 Å². The van der Waals surface area contributed by atoms with E-state index < -0.39 is 0 Å². The second-order valence-corrected chi connectivity index (χ2v) is 3.42. The molecule has 1 saturated heterocycles. The van der Waals surface area contributed by atoms with Gasteiger partial charge >= 0.3 is 6.41 Å². The summed E-state index contributed by atoms with van der Waals surface area (Å²) in [6.45, 7) is 4.55. The Kier molecular flexibility index (Phi) is 5.56. The molecule has 0 aromatic carbocycles. The number of amides is 1. The van der Waals surface area contributed by atoms with Crippen LogP contribution in [-0.4, -0.2) is 43.9 Å². The third-order valence-corrected chi connectivity index (χ3v) is 2.22. The van der Waals surface area contributed by atoms with E-state index in [1.807, 2.05) is 6.41 Å². The Morgan fingerprint density at radius 2 is 2.43 bits per heavy atom. The van der Waals surface area contributed by atoms with Gasteiger partial charge in [-0.3, -0.25) is 4.79 Å². The van der Waals surface area contributed by atoms with E-state index in [2.05, 4.69) is 6.92 Å². The highest BCUT2D eigenvalue weighted by Crippen LogP contribution is 2.06. The molecule has 0 bridgehead atoms. The van der Waals surface area contributed by atoms with E-state index in [9.17, 15) is 4.79 Å². The van der Waals surface area contributed by atoms with Gasteiger partial charge in [0.2, 0.25) is 0 Å². The summed E-state index contributed by atoms with van der Waals surface area (Å²) >= 11 is 0. The first-order valence-electron chi connectivity index (χ1n) is 5.22. The average Bonchev–Trinajstić information content (AvgIpc) is 2.25. The first-order valence-corrected chi connectivity index (χ1v) is 5.22. The van der Waals surface area contributed by atoms with Crippen LogP contribution in [0.25, 0.3) is 0 Å². The molecule has 14 heavy (non-hydrogen) atoms. The van der Waals surface area contributed by atoms with Gasteiger partial charge in [-0.25, -0.2) is 0 Å². The average molecular weight is 200 g/mol. The van der Waals surface area contributed by atoms with E-state index in [-0.39, 0.29) is 6.29 Å². The highest BCUT2D eigenvalue weighted by Gasteiger charge is 2.19. The summed E-state index contributed by atoms with van der Waals surface area (Å²) in [4.78, 5) is 11.9. The zero-order valence-corrected chi connectivity index (χ0v) is 8.70. The van der Waals surface area contributed by atoms with Crippen LogP contribution in [0.4, 0.5) is 0 Å². The molecule has 81 valence electrons. The van der Waals surface area contributed by atoms with Crippen LogP contribution in [0.5, 0.6) is 0 Å². The van der Waals surface area contributed by atoms with Crippen molar-refractivity contribution < 1.29 is 14.3 Å². The molecule has 1 fully saturated rings. The van der Waals surface area contributed by atoms with E-state index in [4.69, 9.17) is 9.47 Å². The number of ether oxygens (including phenoxy) is 2. The summed E-state index contributed by atoms with van der Waals surface area (Å²) in [6, 6.07) is 0. The van der Waals surface area contributed by atoms with Gasteiger partial charge in [-0.05, 0) is 6.42 Å². The summed E-state index contributed by atoms with van der Waals surface area (Å²) in [6.07, 6.45) is 5.03. The SMILES string of the molecule is CCCCCOC1CN([C]=O)CCO1. The number of hydrogen-bond donors (Lipinski definition) is 0. The summed E-state index contributed by atoms with van der Waals surface area (Å²) < 4.78 is 10.8. The Morgan fingerprint density at radius 1 is 1.57 bits per heavy atom. The van der Waals surface area contributed by atoms with Gasteiger partial charge in [0, 0.05) is 13.2 Å². The first-order chi connectivity index (χ1) is 6.86. The Labute approximate surface area is 85.2 Å². The molecule has 0 spiro atoms. The molecule has 1 aliphatic rings. The predicted molar refractivity (Wildman–Crippen MR) is 52.5 cm³/mol. The van der Waals surface area contributed by atoms with Crippen molar-refractivity contribution in [3.8, 4) is 0 Å². The van der Waals surface area contributed by atoms with Gasteiger partial charge in [0.15, 0.2) is 6.29 Å². The van der Waals surface area contributed by atoms with Crippen LogP contribution in [0.2, 0.25) is 0 Å². The molecular weight excluding hydrogens is 182 g/mol. The van der Waals surface area contributed by atoms with E-state index >= 15 is 0 Å². The fourth-order valence-electron chi connectivity index (χ4n) is 1.37. The zero-order chi connectivity index (χ0) is 10.2. The topological polar surface area (TPSA) is 38.8 Å². The van der Waals surface area contributed by atoms with Crippen molar-refractivity contribution in [2.45, 2.75) is 32.5 Å². The lowest BCUT2D eigenvalue weighted by atomic mass is 10.3. The largest absolute Gasteiger partial charge is 0.351 e. The fraction of sp³-hybridized carbons (Fsp3) is 0.900. The second-order valence-electron chi connectivity index (χ2n) is 3.42. The smallest absolute Gasteiger partial charge is 0.312 e. The lowest BCUT2D eigenvalue weighted by Crippen LogP contribution is -2.42. The lowest BCUT2D eigenvalue weighted by Gasteiger charge is -2.29. The van der Waals surface area contributed by atoms with Gasteiger partial charge in [0.05, 0.1) is 13.2 Å². The minimum Gasteiger partial charge on any atom is -0.351 e. The van der Waals surface area contributed by atoms with Crippen LogP contribution < -0.4 is 0 Å². The highest BCUT2D eigenvalue weighted by atomic mass is 16.7. The van der Waals surface area contributed by atoms with Crippen LogP contribution in [0.3, 0.4) is 0 Å². The summed E-state index contributed by atoms with van der Waals surface area (Å²) in [5, 5.41) is 0. The Hall–Kier alpha value is -0.610. The second kappa shape index (κ2) is 6.79. The first kappa shape index (κ1) is 11.5. The maximum Gasteiger partial charge on any atom is 0.312 e. The number of nitrogens with zero attached hydrogens (tertiary/aromatic N) is 1. The molecule has 4 nitrogen and oxygen atoms in total. The summed E-state index contributed by atoms with van der Waals surface area (Å²) in [5.74, 6) is 0. The molecule has 1 radical (unpaired) electrons. The van der Waals surface area contributed by atoms with Gasteiger partial charge < -0.3 is 14.4 Å². The maximum absolute atomic E-state index is 10.4. The van der Waals surface area contributed by atoms with Crippen molar-refractivity contribution in [3.63, 3.8) is 0 Å². The van der Waals surface area contributed by atoms with Crippen molar-refractivity contribution in [2.24, 2.45) is 0 Å². The maximum atomic E-state index is 10.4. The van der Waals surface area contributed by atoms with Gasteiger partial charge in [-0.15, -0.1) is 0 Å². The minimum atomic E-state index is -0.248. The molecule has 1 aliphatic heterocycles. The zero-order valence-electron chi connectivity index (χ0n) is 8.70. The van der Waals surface area contributed by atoms with Crippen molar-refractivity contribution >= 4 is 6.41 Å². The Bertz CT molecular complexity index is 163. The molecule has 1 amide bonds. The third-order valence-electron chi connectivity index (χ3n) is 2.22. The molecule has 0 aromatic heterocycles. The normalized spacial score (nSPS) is 22.4. The molecule has 0 saturated carbocycles. The van der Waals surface area contributed by atoms with E-state index in [0.717, 1.165) is 6.42 Å². The van der Waals surface area contributed by atoms with Crippen LogP contribution >= 0.6 is 0 Å². The molecule has 1 heterocycles. The standard InChI is InChI=1S/C10H18NO3/c1-2-3-4-6-13-10-8-11(9-12)5-7-14-10/h10H,2-8H2,1H3. The molecule has 0 aliphatic carbocycles. The van der Waals surface area contributed by atoms with Gasteiger partial charge in [0.1, 0.15) is 0 Å². The van der Waals surface area contributed by atoms with Gasteiger partial charge in [-0.1, -0.05) is 19.8 Å². The fourth-order valence-corrected chi connectivity index (χ4v) is 1.37. The molecule has 0 N–H and O–H groups in total. The van der Waals surface area contributed by atoms with Gasteiger partial charge in [0.25, 0.3) is 0 Å². The molecule has 1 rings (SSSR count). The van der Waals surface area contributed by atoms with Crippen molar-refractivity contribution in [2.75, 3.05) is 26.3 Å². The van der Waals surface area contributed by atoms with Crippen molar-refractivity contribution in [1.29, 1.82) is 0 Å². The van der Waals surface area contributed by atoms with Crippen LogP contribution in [0, 0.1) is 0 Å². The molecule has 0 aromatic rings. The monoisotopic (exact) mass is 200 g/mol. The third kappa shape index (κ3) is 4.07. The molecule has 1 unspecified atom stereocenters. The van der Waals surface area contributed by atoms with Crippen LogP contribution in [0.1, 0.15) is 26.2 Å². The minimum absolute atomic E-state index is 0.248. The van der Waals surface area contributed by atoms with Crippen LogP contribution in [0.15, 0.2) is 0 Å². The predicted octanol–water partition coefficient (Wildman–Crippen LogP) is 0.919. The van der Waals surface area contributed by atoms with Crippen molar-refractivity contribution in [1.82, 2.24) is 4.90 Å². The lowest BCUT2D eigenvalue weighted by molar-refractivity contribution is -0.170. The van der Waals surface area contributed by atoms with Gasteiger partial charge in [-0.2, -0.15) is 0 Å². The Morgan fingerprint density at radius 3 is 3.14 bits per heavy atom. The van der Waals surface area contributed by atoms with E-state index in [0.29, 0.717) is 26.3 Å². The quantitative estimate of drug-likeness (QED) is 0.598. The number of hydrogen-bond acceptors (Lipinski definition) is 3.